The summed E-state index contributed by atoms with van der Waals surface area (Å²) in [7, 11) is 0. The van der Waals surface area contributed by atoms with E-state index in [1.54, 1.807) is 6.07 Å². The van der Waals surface area contributed by atoms with E-state index in [1.165, 1.54) is 0 Å². The van der Waals surface area contributed by atoms with Crippen LogP contribution < -0.4 is 4.90 Å². The van der Waals surface area contributed by atoms with Gasteiger partial charge in [0.1, 0.15) is 11.8 Å². The first-order valence-electron chi connectivity index (χ1n) is 4.88. The van der Waals surface area contributed by atoms with Crippen LogP contribution in [0, 0.1) is 18.3 Å². The fourth-order valence-electron chi connectivity index (χ4n) is 1.51. The molecule has 0 radical (unpaired) electrons. The highest BCUT2D eigenvalue weighted by Gasteiger charge is 2.14. The molecule has 0 spiro atoms. The number of aryl methyl sites for hydroxylation is 1. The molecule has 0 amide bonds. The van der Waals surface area contributed by atoms with Crippen molar-refractivity contribution in [2.24, 2.45) is 0 Å². The Hall–Kier alpha value is -1.67. The molecule has 2 heterocycles. The minimum atomic E-state index is 0.420. The number of aromatic nitrogens is 2. The molecule has 0 unspecified atom stereocenters. The molecule has 1 saturated heterocycles. The topological polar surface area (TPSA) is 62.0 Å². The third-order valence-electron chi connectivity index (χ3n) is 2.25. The molecule has 0 atom stereocenters. The van der Waals surface area contributed by atoms with Gasteiger partial charge < -0.3 is 9.64 Å². The van der Waals surface area contributed by atoms with Crippen LogP contribution in [-0.2, 0) is 4.74 Å². The molecule has 2 rings (SSSR count). The Morgan fingerprint density at radius 2 is 2.13 bits per heavy atom. The van der Waals surface area contributed by atoms with Crippen molar-refractivity contribution in [3.05, 3.63) is 17.5 Å². The number of anilines is 1. The molecule has 1 aromatic rings. The molecule has 0 saturated carbocycles. The molecule has 5 heteroatoms. The van der Waals surface area contributed by atoms with Gasteiger partial charge in [-0.1, -0.05) is 0 Å². The zero-order valence-electron chi connectivity index (χ0n) is 8.60. The van der Waals surface area contributed by atoms with E-state index in [4.69, 9.17) is 10.00 Å². The normalized spacial score (nSPS) is 16.1. The van der Waals surface area contributed by atoms with E-state index in [9.17, 15) is 0 Å². The second-order valence-electron chi connectivity index (χ2n) is 3.41. The predicted molar refractivity (Wildman–Crippen MR) is 54.5 cm³/mol. The molecular weight excluding hydrogens is 192 g/mol. The van der Waals surface area contributed by atoms with E-state index < -0.39 is 0 Å². The van der Waals surface area contributed by atoms with Crippen molar-refractivity contribution >= 4 is 5.95 Å². The Bertz CT molecular complexity index is 393. The number of morpholine rings is 1. The highest BCUT2D eigenvalue weighted by molar-refractivity contribution is 5.36. The fourth-order valence-corrected chi connectivity index (χ4v) is 1.51. The molecule has 1 aliphatic heterocycles. The average molecular weight is 204 g/mol. The van der Waals surface area contributed by atoms with Gasteiger partial charge in [0, 0.05) is 18.8 Å². The lowest BCUT2D eigenvalue weighted by Crippen LogP contribution is -2.37. The lowest BCUT2D eigenvalue weighted by molar-refractivity contribution is 0.122. The minimum Gasteiger partial charge on any atom is -0.378 e. The predicted octanol–water partition coefficient (Wildman–Crippen LogP) is 0.493. The highest BCUT2D eigenvalue weighted by atomic mass is 16.5. The third-order valence-corrected chi connectivity index (χ3v) is 2.25. The molecule has 1 aromatic heterocycles. The summed E-state index contributed by atoms with van der Waals surface area (Å²) in [6.07, 6.45) is 0. The second-order valence-corrected chi connectivity index (χ2v) is 3.41. The molecule has 78 valence electrons. The van der Waals surface area contributed by atoms with E-state index in [2.05, 4.69) is 9.97 Å². The van der Waals surface area contributed by atoms with Crippen LogP contribution in [0.3, 0.4) is 0 Å². The lowest BCUT2D eigenvalue weighted by atomic mass is 10.3. The van der Waals surface area contributed by atoms with Gasteiger partial charge in [0.25, 0.3) is 0 Å². The van der Waals surface area contributed by atoms with Gasteiger partial charge in [-0.25, -0.2) is 9.97 Å². The van der Waals surface area contributed by atoms with Crippen molar-refractivity contribution in [2.75, 3.05) is 31.2 Å². The first kappa shape index (κ1) is 9.87. The summed E-state index contributed by atoms with van der Waals surface area (Å²) in [5.74, 6) is 0.634. The summed E-state index contributed by atoms with van der Waals surface area (Å²) in [6.45, 7) is 4.83. The number of nitrogens with zero attached hydrogens (tertiary/aromatic N) is 4. The summed E-state index contributed by atoms with van der Waals surface area (Å²) in [5, 5.41) is 8.80. The summed E-state index contributed by atoms with van der Waals surface area (Å²) >= 11 is 0. The van der Waals surface area contributed by atoms with E-state index >= 15 is 0 Å². The molecule has 5 nitrogen and oxygen atoms in total. The first-order chi connectivity index (χ1) is 7.29. The molecular formula is C10H12N4O. The lowest BCUT2D eigenvalue weighted by Gasteiger charge is -2.26. The quantitative estimate of drug-likeness (QED) is 0.666. The van der Waals surface area contributed by atoms with Gasteiger partial charge in [-0.3, -0.25) is 0 Å². The first-order valence-corrected chi connectivity index (χ1v) is 4.88. The van der Waals surface area contributed by atoms with Gasteiger partial charge in [0.05, 0.1) is 13.2 Å². The van der Waals surface area contributed by atoms with Crippen molar-refractivity contribution in [2.45, 2.75) is 6.92 Å². The standard InChI is InChI=1S/C10H12N4O/c1-8-6-9(7-11)13-10(12-8)14-2-4-15-5-3-14/h6H,2-5H2,1H3. The van der Waals surface area contributed by atoms with Crippen LogP contribution in [-0.4, -0.2) is 36.3 Å². The van der Waals surface area contributed by atoms with Crippen molar-refractivity contribution < 1.29 is 4.74 Å². The fraction of sp³-hybridized carbons (Fsp3) is 0.500. The molecule has 1 aliphatic rings. The maximum absolute atomic E-state index is 8.80. The SMILES string of the molecule is Cc1cc(C#N)nc(N2CCOCC2)n1. The highest BCUT2D eigenvalue weighted by Crippen LogP contribution is 2.11. The smallest absolute Gasteiger partial charge is 0.226 e. The average Bonchev–Trinajstić information content (AvgIpc) is 2.29. The maximum Gasteiger partial charge on any atom is 0.226 e. The number of ether oxygens (including phenoxy) is 1. The monoisotopic (exact) mass is 204 g/mol. The van der Waals surface area contributed by atoms with Crippen molar-refractivity contribution in [3.8, 4) is 6.07 Å². The number of nitriles is 1. The summed E-state index contributed by atoms with van der Waals surface area (Å²) < 4.78 is 5.25. The van der Waals surface area contributed by atoms with Crippen molar-refractivity contribution in [1.29, 1.82) is 5.26 Å². The largest absolute Gasteiger partial charge is 0.378 e. The van der Waals surface area contributed by atoms with Crippen LogP contribution in [0.2, 0.25) is 0 Å². The Labute approximate surface area is 88.3 Å². The number of hydrogen-bond acceptors (Lipinski definition) is 5. The van der Waals surface area contributed by atoms with Crippen LogP contribution in [0.15, 0.2) is 6.07 Å². The molecule has 0 N–H and O–H groups in total. The summed E-state index contributed by atoms with van der Waals surface area (Å²) in [4.78, 5) is 10.5. The van der Waals surface area contributed by atoms with Crippen LogP contribution >= 0.6 is 0 Å². The van der Waals surface area contributed by atoms with Crippen molar-refractivity contribution in [1.82, 2.24) is 9.97 Å². The van der Waals surface area contributed by atoms with E-state index in [0.29, 0.717) is 24.9 Å². The third kappa shape index (κ3) is 2.22. The van der Waals surface area contributed by atoms with Gasteiger partial charge in [0.15, 0.2) is 0 Å². The van der Waals surface area contributed by atoms with Crippen LogP contribution in [0.25, 0.3) is 0 Å². The Balaban J connectivity index is 2.27. The maximum atomic E-state index is 8.80. The molecule has 1 fully saturated rings. The zero-order chi connectivity index (χ0) is 10.7. The van der Waals surface area contributed by atoms with Crippen LogP contribution in [0.5, 0.6) is 0 Å². The van der Waals surface area contributed by atoms with Gasteiger partial charge in [-0.2, -0.15) is 5.26 Å². The molecule has 0 aromatic carbocycles. The number of rotatable bonds is 1. The van der Waals surface area contributed by atoms with Crippen LogP contribution in [0.1, 0.15) is 11.4 Å². The Morgan fingerprint density at radius 1 is 1.40 bits per heavy atom. The Kier molecular flexibility index (Phi) is 2.79. The van der Waals surface area contributed by atoms with E-state index in [1.807, 2.05) is 17.9 Å². The van der Waals surface area contributed by atoms with E-state index in [0.717, 1.165) is 18.8 Å². The zero-order valence-corrected chi connectivity index (χ0v) is 8.60. The van der Waals surface area contributed by atoms with E-state index in [-0.39, 0.29) is 0 Å². The summed E-state index contributed by atoms with van der Waals surface area (Å²) in [5.41, 5.74) is 1.24. The van der Waals surface area contributed by atoms with Crippen molar-refractivity contribution in [3.63, 3.8) is 0 Å². The van der Waals surface area contributed by atoms with Gasteiger partial charge in [-0.15, -0.1) is 0 Å². The minimum absolute atomic E-state index is 0.420. The van der Waals surface area contributed by atoms with Gasteiger partial charge in [-0.05, 0) is 13.0 Å². The summed E-state index contributed by atoms with van der Waals surface area (Å²) in [6, 6.07) is 3.72. The molecule has 0 bridgehead atoms. The molecule has 0 aliphatic carbocycles. The Morgan fingerprint density at radius 3 is 2.80 bits per heavy atom. The van der Waals surface area contributed by atoms with Gasteiger partial charge in [0.2, 0.25) is 5.95 Å². The number of hydrogen-bond donors (Lipinski definition) is 0. The second kappa shape index (κ2) is 4.24. The molecule has 15 heavy (non-hydrogen) atoms. The van der Waals surface area contributed by atoms with Gasteiger partial charge >= 0.3 is 0 Å². The van der Waals surface area contributed by atoms with Crippen LogP contribution in [0.4, 0.5) is 5.95 Å².